The Kier molecular flexibility index (Phi) is 4.08. The summed E-state index contributed by atoms with van der Waals surface area (Å²) >= 11 is 11.7. The van der Waals surface area contributed by atoms with Gasteiger partial charge in [0.05, 0.1) is 12.9 Å². The number of hydrogen-bond donors (Lipinski definition) is 3. The van der Waals surface area contributed by atoms with Gasteiger partial charge in [-0.1, -0.05) is 17.7 Å². The van der Waals surface area contributed by atoms with Gasteiger partial charge >= 0.3 is 0 Å². The first-order chi connectivity index (χ1) is 10.6. The first kappa shape index (κ1) is 14.6. The number of nitrogens with one attached hydrogen (secondary N) is 3. The maximum absolute atomic E-state index is 11.9. The number of anilines is 2. The van der Waals surface area contributed by atoms with Crippen LogP contribution in [0.4, 0.5) is 11.5 Å². The molecule has 3 N–H and O–H groups in total. The van der Waals surface area contributed by atoms with Crippen molar-refractivity contribution in [1.82, 2.24) is 19.9 Å². The lowest BCUT2D eigenvalue weighted by Crippen LogP contribution is -2.22. The molecule has 0 radical (unpaired) electrons. The summed E-state index contributed by atoms with van der Waals surface area (Å²) in [5, 5.41) is 6.22. The number of halogens is 2. The lowest BCUT2D eigenvalue weighted by Gasteiger charge is -2.08. The van der Waals surface area contributed by atoms with E-state index in [1.807, 2.05) is 0 Å². The molecule has 3 aromatic rings. The molecule has 0 saturated carbocycles. The van der Waals surface area contributed by atoms with Crippen LogP contribution in [0.2, 0.25) is 10.3 Å². The lowest BCUT2D eigenvalue weighted by molar-refractivity contribution is -0.114. The molecular formula is C13H10Cl2N6O. The third kappa shape index (κ3) is 3.26. The van der Waals surface area contributed by atoms with E-state index in [-0.39, 0.29) is 17.7 Å². The van der Waals surface area contributed by atoms with Crippen molar-refractivity contribution >= 4 is 51.8 Å². The van der Waals surface area contributed by atoms with Gasteiger partial charge in [0.25, 0.3) is 0 Å². The van der Waals surface area contributed by atoms with Crippen LogP contribution < -0.4 is 10.6 Å². The van der Waals surface area contributed by atoms with Crippen molar-refractivity contribution in [2.75, 3.05) is 17.2 Å². The quantitative estimate of drug-likeness (QED) is 0.636. The first-order valence-electron chi connectivity index (χ1n) is 6.28. The van der Waals surface area contributed by atoms with Gasteiger partial charge in [0.1, 0.15) is 5.52 Å². The third-order valence-corrected chi connectivity index (χ3v) is 3.19. The van der Waals surface area contributed by atoms with Crippen molar-refractivity contribution < 1.29 is 4.79 Å². The predicted octanol–water partition coefficient (Wildman–Crippen LogP) is 2.71. The largest absolute Gasteiger partial charge is 0.359 e. The minimum Gasteiger partial charge on any atom is -0.359 e. The topological polar surface area (TPSA) is 95.6 Å². The van der Waals surface area contributed by atoms with E-state index in [1.54, 1.807) is 24.3 Å². The Morgan fingerprint density at radius 1 is 1.27 bits per heavy atom. The number of carbonyl (C=O) groups excluding carboxylic acids is 1. The molecule has 2 heterocycles. The highest BCUT2D eigenvalue weighted by atomic mass is 35.5. The fourth-order valence-corrected chi connectivity index (χ4v) is 2.22. The van der Waals surface area contributed by atoms with E-state index in [0.29, 0.717) is 27.7 Å². The Hall–Kier alpha value is -2.38. The fraction of sp³-hybridized carbons (Fsp3) is 0.0769. The summed E-state index contributed by atoms with van der Waals surface area (Å²) in [4.78, 5) is 26.8. The number of hydrogen-bond acceptors (Lipinski definition) is 5. The van der Waals surface area contributed by atoms with Crippen LogP contribution >= 0.6 is 23.2 Å². The van der Waals surface area contributed by atoms with E-state index >= 15 is 0 Å². The highest BCUT2D eigenvalue weighted by Gasteiger charge is 2.10. The third-order valence-electron chi connectivity index (χ3n) is 2.78. The molecule has 0 saturated heterocycles. The minimum absolute atomic E-state index is 0.00791. The first-order valence-corrected chi connectivity index (χ1v) is 7.03. The Bertz CT molecular complexity index is 834. The summed E-state index contributed by atoms with van der Waals surface area (Å²) in [7, 11) is 0. The maximum atomic E-state index is 11.9. The summed E-state index contributed by atoms with van der Waals surface area (Å²) in [6.07, 6.45) is 1.48. The fourth-order valence-electron chi connectivity index (χ4n) is 1.87. The summed E-state index contributed by atoms with van der Waals surface area (Å²) < 4.78 is 0. The van der Waals surface area contributed by atoms with Gasteiger partial charge in [-0.15, -0.1) is 0 Å². The average molecular weight is 337 g/mol. The van der Waals surface area contributed by atoms with Crippen molar-refractivity contribution in [3.63, 3.8) is 0 Å². The number of fused-ring (bicyclic) bond motifs is 1. The zero-order chi connectivity index (χ0) is 15.5. The van der Waals surface area contributed by atoms with E-state index in [9.17, 15) is 4.79 Å². The monoisotopic (exact) mass is 336 g/mol. The number of aromatic nitrogens is 4. The Labute approximate surface area is 135 Å². The van der Waals surface area contributed by atoms with Crippen LogP contribution in [0.5, 0.6) is 0 Å². The smallest absolute Gasteiger partial charge is 0.243 e. The lowest BCUT2D eigenvalue weighted by atomic mass is 10.3. The molecule has 2 aromatic heterocycles. The van der Waals surface area contributed by atoms with Crippen molar-refractivity contribution in [3.8, 4) is 0 Å². The number of carbonyl (C=O) groups is 1. The standard InChI is InChI=1S/C13H10Cl2N6O/c14-7-2-1-3-8(4-7)19-9(22)5-16-11-10-12(18-6-17-10)21-13(15)20-11/h1-4,6H,5H2,(H,19,22)(H2,16,17,18,20,21). The molecule has 9 heteroatoms. The highest BCUT2D eigenvalue weighted by Crippen LogP contribution is 2.18. The van der Waals surface area contributed by atoms with Crippen molar-refractivity contribution in [2.24, 2.45) is 0 Å². The summed E-state index contributed by atoms with van der Waals surface area (Å²) in [5.74, 6) is 0.165. The van der Waals surface area contributed by atoms with Gasteiger partial charge in [0.2, 0.25) is 11.2 Å². The van der Waals surface area contributed by atoms with E-state index < -0.39 is 0 Å². The zero-order valence-corrected chi connectivity index (χ0v) is 12.6. The summed E-state index contributed by atoms with van der Waals surface area (Å²) in [6, 6.07) is 6.89. The molecule has 0 aliphatic carbocycles. The molecule has 1 amide bonds. The molecule has 0 fully saturated rings. The van der Waals surface area contributed by atoms with Crippen LogP contribution in [0.25, 0.3) is 11.2 Å². The van der Waals surface area contributed by atoms with Crippen molar-refractivity contribution in [2.45, 2.75) is 0 Å². The van der Waals surface area contributed by atoms with Crippen LogP contribution in [-0.2, 0) is 4.79 Å². The molecule has 1 aromatic carbocycles. The molecule has 0 aliphatic rings. The van der Waals surface area contributed by atoms with Crippen LogP contribution in [0.3, 0.4) is 0 Å². The van der Waals surface area contributed by atoms with Gasteiger partial charge in [-0.25, -0.2) is 4.98 Å². The molecule has 22 heavy (non-hydrogen) atoms. The van der Waals surface area contributed by atoms with E-state index in [1.165, 1.54) is 6.33 Å². The number of imidazole rings is 1. The number of aromatic amines is 1. The Morgan fingerprint density at radius 3 is 2.95 bits per heavy atom. The van der Waals surface area contributed by atoms with Crippen molar-refractivity contribution in [3.05, 3.63) is 40.9 Å². The molecule has 0 unspecified atom stereocenters. The second-order valence-electron chi connectivity index (χ2n) is 4.35. The van der Waals surface area contributed by atoms with Gasteiger partial charge in [-0.2, -0.15) is 9.97 Å². The van der Waals surface area contributed by atoms with Gasteiger partial charge < -0.3 is 15.6 Å². The Balaban J connectivity index is 1.68. The number of benzene rings is 1. The highest BCUT2D eigenvalue weighted by molar-refractivity contribution is 6.31. The van der Waals surface area contributed by atoms with Crippen LogP contribution in [-0.4, -0.2) is 32.4 Å². The SMILES string of the molecule is O=C(CNc1nc(Cl)nc2nc[nH]c12)Nc1cccc(Cl)c1. The molecule has 7 nitrogen and oxygen atoms in total. The van der Waals surface area contributed by atoms with Crippen LogP contribution in [0, 0.1) is 0 Å². The molecule has 0 spiro atoms. The number of amides is 1. The predicted molar refractivity (Wildman–Crippen MR) is 85.3 cm³/mol. The second kappa shape index (κ2) is 6.17. The molecule has 112 valence electrons. The summed E-state index contributed by atoms with van der Waals surface area (Å²) in [5.41, 5.74) is 1.63. The molecule has 0 atom stereocenters. The molecule has 0 aliphatic heterocycles. The van der Waals surface area contributed by atoms with Crippen molar-refractivity contribution in [1.29, 1.82) is 0 Å². The maximum Gasteiger partial charge on any atom is 0.243 e. The molecular weight excluding hydrogens is 327 g/mol. The number of nitrogens with zero attached hydrogens (tertiary/aromatic N) is 3. The van der Waals surface area contributed by atoms with E-state index in [2.05, 4.69) is 30.6 Å². The minimum atomic E-state index is -0.246. The van der Waals surface area contributed by atoms with Gasteiger partial charge in [0.15, 0.2) is 11.5 Å². The number of rotatable bonds is 4. The second-order valence-corrected chi connectivity index (χ2v) is 5.13. The van der Waals surface area contributed by atoms with Crippen LogP contribution in [0.15, 0.2) is 30.6 Å². The Morgan fingerprint density at radius 2 is 2.14 bits per heavy atom. The van der Waals surface area contributed by atoms with E-state index in [4.69, 9.17) is 23.2 Å². The van der Waals surface area contributed by atoms with E-state index in [0.717, 1.165) is 0 Å². The van der Waals surface area contributed by atoms with Gasteiger partial charge in [-0.3, -0.25) is 4.79 Å². The molecule has 0 bridgehead atoms. The zero-order valence-electron chi connectivity index (χ0n) is 11.1. The average Bonchev–Trinajstić information content (AvgIpc) is 2.93. The van der Waals surface area contributed by atoms with Gasteiger partial charge in [-0.05, 0) is 29.8 Å². The molecule has 3 rings (SSSR count). The van der Waals surface area contributed by atoms with Crippen LogP contribution in [0.1, 0.15) is 0 Å². The summed E-state index contributed by atoms with van der Waals surface area (Å²) in [6.45, 7) is 0.00791. The normalized spacial score (nSPS) is 10.6. The number of H-pyrrole nitrogens is 1. The van der Waals surface area contributed by atoms with Gasteiger partial charge in [0, 0.05) is 10.7 Å².